The van der Waals surface area contributed by atoms with Crippen molar-refractivity contribution in [1.82, 2.24) is 0 Å². The molecule has 53 heavy (non-hydrogen) atoms. The highest BCUT2D eigenvalue weighted by Gasteiger charge is 2.55. The number of rotatable bonds is 18. The van der Waals surface area contributed by atoms with Gasteiger partial charge in [-0.25, -0.2) is 0 Å². The van der Waals surface area contributed by atoms with E-state index in [1.54, 1.807) is 0 Å². The van der Waals surface area contributed by atoms with E-state index in [-0.39, 0.29) is 13.2 Å². The zero-order valence-electron chi connectivity index (χ0n) is 36.5. The fourth-order valence-corrected chi connectivity index (χ4v) is 12.6. The van der Waals surface area contributed by atoms with E-state index in [0.717, 1.165) is 0 Å². The van der Waals surface area contributed by atoms with E-state index in [0.29, 0.717) is 0 Å². The average Bonchev–Trinajstić information content (AvgIpc) is 2.88. The molecule has 0 amide bonds. The topological polar surface area (TPSA) is 136 Å². The maximum atomic E-state index is 12.5. The van der Waals surface area contributed by atoms with E-state index >= 15 is 0 Å². The molecule has 13 nitrogen and oxygen atoms in total. The van der Waals surface area contributed by atoms with Crippen LogP contribution in [0.5, 0.6) is 0 Å². The van der Waals surface area contributed by atoms with Gasteiger partial charge < -0.3 is 50.2 Å². The number of carbonyl (C=O) groups is 2. The molecule has 0 saturated carbocycles. The van der Waals surface area contributed by atoms with Crippen molar-refractivity contribution >= 4 is 61.8 Å². The van der Waals surface area contributed by atoms with Crippen molar-refractivity contribution in [3.05, 3.63) is 0 Å². The third-order valence-corrected chi connectivity index (χ3v) is 13.2. The van der Waals surface area contributed by atoms with Gasteiger partial charge in [0.05, 0.1) is 6.61 Å². The molecule has 2 fully saturated rings. The summed E-state index contributed by atoms with van der Waals surface area (Å²) in [5.74, 6) is -0.926. The first-order valence-corrected chi connectivity index (χ1v) is 39.4. The van der Waals surface area contributed by atoms with Crippen LogP contribution in [0.1, 0.15) is 13.8 Å². The predicted molar refractivity (Wildman–Crippen MR) is 221 cm³/mol. The summed E-state index contributed by atoms with van der Waals surface area (Å²) in [5, 5.41) is 0. The fraction of sp³-hybridized carbons (Fsp3) is 0.941. The van der Waals surface area contributed by atoms with Gasteiger partial charge in [-0.3, -0.25) is 9.59 Å². The maximum absolute atomic E-state index is 12.5. The summed E-state index contributed by atoms with van der Waals surface area (Å²) in [4.78, 5) is 24.6. The van der Waals surface area contributed by atoms with E-state index in [1.807, 2.05) is 0 Å². The minimum atomic E-state index is -2.25. The molecule has 2 rings (SSSR count). The van der Waals surface area contributed by atoms with Crippen LogP contribution in [0, 0.1) is 0 Å². The quantitative estimate of drug-likeness (QED) is 0.105. The molecule has 0 radical (unpaired) electrons. The standard InChI is InChI=1S/C34H74O13Si6/c1-23(35)37-21-25-27(42-48(3,4)5)29(44-50(9,10)11)31(46-52(15,16)17)33(40-25)38-22-26-28(43-49(6,7)8)30(45-51(12,13)14)32(47-53(18,19)20)34(41-26)39-24(2)36/h25-34H,21-22H2,1-20H3/t25?,26?,27-,28+,29-,30?,31?,32-,33-,34?/m0/s1. The molecule has 0 aromatic carbocycles. The van der Waals surface area contributed by atoms with Gasteiger partial charge in [-0.2, -0.15) is 0 Å². The molecule has 10 atom stereocenters. The Balaban J connectivity index is 2.72. The lowest BCUT2D eigenvalue weighted by atomic mass is 9.98. The van der Waals surface area contributed by atoms with E-state index in [2.05, 4.69) is 118 Å². The van der Waals surface area contributed by atoms with Gasteiger partial charge in [0, 0.05) is 13.8 Å². The molecule has 0 aliphatic carbocycles. The largest absolute Gasteiger partial charge is 0.463 e. The van der Waals surface area contributed by atoms with E-state index in [4.69, 9.17) is 50.2 Å². The SMILES string of the molecule is CC(=O)OCC1O[C@H](OCC2OC(OC(C)=O)[C@@H](O[Si](C)(C)C)C(O[Si](C)(C)C)[C@@H]2O[Si](C)(C)C)C(O[Si](C)(C)C)[C@@H](O[Si](C)(C)C)[C@H]1O[Si](C)(C)C. The minimum Gasteiger partial charge on any atom is -0.463 e. The number of ether oxygens (including phenoxy) is 5. The first-order chi connectivity index (χ1) is 23.6. The van der Waals surface area contributed by atoms with Gasteiger partial charge in [0.1, 0.15) is 55.4 Å². The monoisotopic (exact) mass is 858 g/mol. The van der Waals surface area contributed by atoms with Gasteiger partial charge in [-0.1, -0.05) is 0 Å². The smallest absolute Gasteiger partial charge is 0.305 e. The van der Waals surface area contributed by atoms with Crippen LogP contribution in [0.15, 0.2) is 0 Å². The summed E-state index contributed by atoms with van der Waals surface area (Å²) in [7, 11) is -13.3. The summed E-state index contributed by atoms with van der Waals surface area (Å²) < 4.78 is 72.7. The highest BCUT2D eigenvalue weighted by atomic mass is 28.4. The van der Waals surface area contributed by atoms with Crippen LogP contribution in [-0.4, -0.2) is 136 Å². The molecule has 312 valence electrons. The van der Waals surface area contributed by atoms with Gasteiger partial charge in [0.25, 0.3) is 0 Å². The molecule has 19 heteroatoms. The Morgan fingerprint density at radius 2 is 0.717 bits per heavy atom. The van der Waals surface area contributed by atoms with Crippen molar-refractivity contribution in [3.8, 4) is 0 Å². The molecule has 0 aromatic heterocycles. The Labute approximate surface area is 326 Å². The molecule has 2 saturated heterocycles. The summed E-state index contributed by atoms with van der Waals surface area (Å²) in [5.41, 5.74) is 0. The van der Waals surface area contributed by atoms with Crippen LogP contribution in [0.2, 0.25) is 118 Å². The van der Waals surface area contributed by atoms with Crippen molar-refractivity contribution in [2.45, 2.75) is 193 Å². The van der Waals surface area contributed by atoms with Gasteiger partial charge in [0.15, 0.2) is 56.2 Å². The summed E-state index contributed by atoms with van der Waals surface area (Å²) in [6.45, 7) is 40.6. The van der Waals surface area contributed by atoms with Crippen molar-refractivity contribution in [1.29, 1.82) is 0 Å². The molecule has 0 aromatic rings. The number of hydrogen-bond acceptors (Lipinski definition) is 13. The molecule has 5 unspecified atom stereocenters. The first-order valence-electron chi connectivity index (χ1n) is 18.9. The molecule has 2 aliphatic rings. The fourth-order valence-electron chi connectivity index (χ4n) is 6.06. The van der Waals surface area contributed by atoms with Gasteiger partial charge in [-0.15, -0.1) is 0 Å². The number of carbonyl (C=O) groups excluding carboxylic acids is 2. The lowest BCUT2D eigenvalue weighted by Crippen LogP contribution is -2.68. The summed E-state index contributed by atoms with van der Waals surface area (Å²) >= 11 is 0. The number of hydrogen-bond donors (Lipinski definition) is 0. The molecule has 0 N–H and O–H groups in total. The van der Waals surface area contributed by atoms with Crippen LogP contribution in [0.3, 0.4) is 0 Å². The summed E-state index contributed by atoms with van der Waals surface area (Å²) in [6.07, 6.45) is -7.24. The summed E-state index contributed by atoms with van der Waals surface area (Å²) in [6, 6.07) is 0. The van der Waals surface area contributed by atoms with Crippen molar-refractivity contribution in [2.24, 2.45) is 0 Å². The minimum absolute atomic E-state index is 0.0200. The van der Waals surface area contributed by atoms with Crippen LogP contribution in [-0.2, 0) is 59.8 Å². The third-order valence-electron chi connectivity index (χ3n) is 7.28. The maximum Gasteiger partial charge on any atom is 0.305 e. The van der Waals surface area contributed by atoms with Gasteiger partial charge >= 0.3 is 11.9 Å². The number of esters is 2. The second-order valence-corrected chi connectivity index (χ2v) is 46.8. The second kappa shape index (κ2) is 18.6. The molecular weight excluding hydrogens is 785 g/mol. The molecule has 2 heterocycles. The molecular formula is C34H74O13Si6. The highest BCUT2D eigenvalue weighted by Crippen LogP contribution is 2.37. The van der Waals surface area contributed by atoms with Crippen molar-refractivity contribution in [3.63, 3.8) is 0 Å². The molecule has 2 aliphatic heterocycles. The Morgan fingerprint density at radius 3 is 1.06 bits per heavy atom. The highest BCUT2D eigenvalue weighted by molar-refractivity contribution is 6.71. The van der Waals surface area contributed by atoms with Crippen LogP contribution in [0.25, 0.3) is 0 Å². The zero-order valence-corrected chi connectivity index (χ0v) is 42.5. The lowest BCUT2D eigenvalue weighted by Gasteiger charge is -2.52. The Morgan fingerprint density at radius 1 is 0.415 bits per heavy atom. The Hall–Kier alpha value is -0.119. The van der Waals surface area contributed by atoms with Crippen LogP contribution in [0.4, 0.5) is 0 Å². The average molecular weight is 859 g/mol. The van der Waals surface area contributed by atoms with Crippen LogP contribution >= 0.6 is 0 Å². The first kappa shape index (κ1) is 49.0. The molecule has 0 bridgehead atoms. The zero-order chi connectivity index (χ0) is 41.1. The normalized spacial score (nSPS) is 30.9. The van der Waals surface area contributed by atoms with Gasteiger partial charge in [0.2, 0.25) is 6.29 Å². The van der Waals surface area contributed by atoms with E-state index in [1.165, 1.54) is 13.8 Å². The van der Waals surface area contributed by atoms with Crippen LogP contribution < -0.4 is 0 Å². The lowest BCUT2D eigenvalue weighted by molar-refractivity contribution is -0.318. The van der Waals surface area contributed by atoms with Crippen molar-refractivity contribution in [2.75, 3.05) is 13.2 Å². The van der Waals surface area contributed by atoms with E-state index < -0.39 is 123 Å². The van der Waals surface area contributed by atoms with E-state index in [9.17, 15) is 9.59 Å². The van der Waals surface area contributed by atoms with Gasteiger partial charge in [-0.05, 0) is 118 Å². The van der Waals surface area contributed by atoms with Crippen molar-refractivity contribution < 1.29 is 59.8 Å². The molecule has 0 spiro atoms. The second-order valence-electron chi connectivity index (χ2n) is 20.0. The Bertz CT molecular complexity index is 1190. The Kier molecular flexibility index (Phi) is 17.2. The third kappa shape index (κ3) is 18.3. The predicted octanol–water partition coefficient (Wildman–Crippen LogP) is 6.90.